The molecule has 0 heterocycles. The number of hydrogen-bond donors (Lipinski definition) is 1. The molecule has 0 radical (unpaired) electrons. The molecule has 2 atom stereocenters. The van der Waals surface area contributed by atoms with Crippen molar-refractivity contribution in [3.05, 3.63) is 12.7 Å². The Balaban J connectivity index is 2.41. The van der Waals surface area contributed by atoms with Gasteiger partial charge >= 0.3 is 0 Å². The molecule has 0 aromatic rings. The minimum Gasteiger partial charge on any atom is -0.393 e. The lowest BCUT2D eigenvalue weighted by Gasteiger charge is -2.41. The standard InChI is InChI=1S/C14H26O/c1-4-5-6-10-13(15)12-9-7-8-11-14(12,2)3/h4,12-13,15H,1,5-11H2,2-3H3. The maximum absolute atomic E-state index is 10.2. The predicted octanol–water partition coefficient (Wildman–Crippen LogP) is 3.92. The molecule has 1 aliphatic carbocycles. The minimum absolute atomic E-state index is 0.0970. The maximum atomic E-state index is 10.2. The Morgan fingerprint density at radius 1 is 1.47 bits per heavy atom. The molecule has 0 aromatic heterocycles. The molecule has 15 heavy (non-hydrogen) atoms. The zero-order chi connectivity index (χ0) is 11.3. The molecule has 88 valence electrons. The van der Waals surface area contributed by atoms with Gasteiger partial charge in [-0.1, -0.05) is 32.8 Å². The van der Waals surface area contributed by atoms with Gasteiger partial charge in [0.15, 0.2) is 0 Å². The molecule has 0 spiro atoms. The normalized spacial score (nSPS) is 27.3. The summed E-state index contributed by atoms with van der Waals surface area (Å²) in [6.07, 6.45) is 10.0. The van der Waals surface area contributed by atoms with Crippen LogP contribution in [0.3, 0.4) is 0 Å². The van der Waals surface area contributed by atoms with Crippen molar-refractivity contribution in [1.82, 2.24) is 0 Å². The van der Waals surface area contributed by atoms with E-state index in [1.807, 2.05) is 6.08 Å². The van der Waals surface area contributed by atoms with Gasteiger partial charge in [-0.05, 0) is 43.4 Å². The van der Waals surface area contributed by atoms with E-state index in [-0.39, 0.29) is 6.10 Å². The Labute approximate surface area is 94.6 Å². The van der Waals surface area contributed by atoms with Crippen LogP contribution in [0.15, 0.2) is 12.7 Å². The smallest absolute Gasteiger partial charge is 0.0573 e. The summed E-state index contributed by atoms with van der Waals surface area (Å²) < 4.78 is 0. The fraction of sp³-hybridized carbons (Fsp3) is 0.857. The van der Waals surface area contributed by atoms with Crippen LogP contribution >= 0.6 is 0 Å². The van der Waals surface area contributed by atoms with Crippen LogP contribution in [0.5, 0.6) is 0 Å². The van der Waals surface area contributed by atoms with Gasteiger partial charge in [-0.15, -0.1) is 6.58 Å². The number of aliphatic hydroxyl groups is 1. The lowest BCUT2D eigenvalue weighted by molar-refractivity contribution is -0.0000298. The number of aliphatic hydroxyl groups excluding tert-OH is 1. The Morgan fingerprint density at radius 3 is 2.80 bits per heavy atom. The van der Waals surface area contributed by atoms with Crippen molar-refractivity contribution >= 4 is 0 Å². The van der Waals surface area contributed by atoms with Gasteiger partial charge in [0.1, 0.15) is 0 Å². The summed E-state index contributed by atoms with van der Waals surface area (Å²) >= 11 is 0. The zero-order valence-corrected chi connectivity index (χ0v) is 10.3. The summed E-state index contributed by atoms with van der Waals surface area (Å²) in [6.45, 7) is 8.34. The number of allylic oxidation sites excluding steroid dienone is 1. The second kappa shape index (κ2) is 5.69. The monoisotopic (exact) mass is 210 g/mol. The van der Waals surface area contributed by atoms with Crippen LogP contribution in [0.2, 0.25) is 0 Å². The molecule has 1 nitrogen and oxygen atoms in total. The molecule has 0 amide bonds. The molecule has 1 heteroatoms. The largest absolute Gasteiger partial charge is 0.393 e. The zero-order valence-electron chi connectivity index (χ0n) is 10.3. The van der Waals surface area contributed by atoms with E-state index >= 15 is 0 Å². The second-order valence-corrected chi connectivity index (χ2v) is 5.63. The van der Waals surface area contributed by atoms with Crippen molar-refractivity contribution in [1.29, 1.82) is 0 Å². The summed E-state index contributed by atoms with van der Waals surface area (Å²) in [7, 11) is 0. The Morgan fingerprint density at radius 2 is 2.20 bits per heavy atom. The Hall–Kier alpha value is -0.300. The van der Waals surface area contributed by atoms with Gasteiger partial charge < -0.3 is 5.11 Å². The van der Waals surface area contributed by atoms with Gasteiger partial charge in [-0.25, -0.2) is 0 Å². The van der Waals surface area contributed by atoms with Gasteiger partial charge in [-0.3, -0.25) is 0 Å². The molecule has 1 rings (SSSR count). The fourth-order valence-corrected chi connectivity index (χ4v) is 2.91. The Kier molecular flexibility index (Phi) is 4.85. The van der Waals surface area contributed by atoms with Crippen LogP contribution in [0, 0.1) is 11.3 Å². The van der Waals surface area contributed by atoms with Crippen molar-refractivity contribution in [2.45, 2.75) is 64.9 Å². The van der Waals surface area contributed by atoms with Crippen LogP contribution in [0.25, 0.3) is 0 Å². The van der Waals surface area contributed by atoms with Crippen molar-refractivity contribution < 1.29 is 5.11 Å². The summed E-state index contributed by atoms with van der Waals surface area (Å²) in [4.78, 5) is 0. The first-order valence-electron chi connectivity index (χ1n) is 6.37. The van der Waals surface area contributed by atoms with E-state index in [1.54, 1.807) is 0 Å². The van der Waals surface area contributed by atoms with Crippen molar-refractivity contribution in [2.75, 3.05) is 0 Å². The first-order chi connectivity index (χ1) is 7.08. The van der Waals surface area contributed by atoms with E-state index in [0.717, 1.165) is 19.3 Å². The van der Waals surface area contributed by atoms with Gasteiger partial charge in [0.2, 0.25) is 0 Å². The summed E-state index contributed by atoms with van der Waals surface area (Å²) in [5.74, 6) is 0.510. The number of unbranched alkanes of at least 4 members (excludes halogenated alkanes) is 1. The molecule has 1 aliphatic rings. The lowest BCUT2D eigenvalue weighted by Crippen LogP contribution is -2.36. The van der Waals surface area contributed by atoms with Gasteiger partial charge in [-0.2, -0.15) is 0 Å². The third-order valence-electron chi connectivity index (χ3n) is 3.96. The molecule has 0 saturated heterocycles. The lowest BCUT2D eigenvalue weighted by atomic mass is 9.66. The highest BCUT2D eigenvalue weighted by Gasteiger charge is 2.36. The van der Waals surface area contributed by atoms with E-state index in [1.165, 1.54) is 25.7 Å². The van der Waals surface area contributed by atoms with Crippen LogP contribution < -0.4 is 0 Å². The average molecular weight is 210 g/mol. The van der Waals surface area contributed by atoms with E-state index in [2.05, 4.69) is 20.4 Å². The van der Waals surface area contributed by atoms with Crippen molar-refractivity contribution in [3.8, 4) is 0 Å². The van der Waals surface area contributed by atoms with Gasteiger partial charge in [0, 0.05) is 0 Å². The molecular weight excluding hydrogens is 184 g/mol. The highest BCUT2D eigenvalue weighted by Crippen LogP contribution is 2.43. The summed E-state index contributed by atoms with van der Waals surface area (Å²) in [5.41, 5.74) is 0.339. The third-order valence-corrected chi connectivity index (χ3v) is 3.96. The van der Waals surface area contributed by atoms with E-state index in [9.17, 15) is 5.11 Å². The molecule has 1 N–H and O–H groups in total. The second-order valence-electron chi connectivity index (χ2n) is 5.63. The highest BCUT2D eigenvalue weighted by atomic mass is 16.3. The van der Waals surface area contributed by atoms with Crippen LogP contribution in [0.1, 0.15) is 58.8 Å². The number of rotatable bonds is 5. The molecule has 1 fully saturated rings. The summed E-state index contributed by atoms with van der Waals surface area (Å²) in [5, 5.41) is 10.2. The molecule has 0 bridgehead atoms. The molecule has 1 saturated carbocycles. The first-order valence-corrected chi connectivity index (χ1v) is 6.37. The minimum atomic E-state index is -0.0970. The van der Waals surface area contributed by atoms with E-state index in [4.69, 9.17) is 0 Å². The van der Waals surface area contributed by atoms with E-state index in [0.29, 0.717) is 11.3 Å². The molecule has 0 aromatic carbocycles. The predicted molar refractivity (Wildman–Crippen MR) is 65.8 cm³/mol. The fourth-order valence-electron chi connectivity index (χ4n) is 2.91. The van der Waals surface area contributed by atoms with Gasteiger partial charge in [0.25, 0.3) is 0 Å². The molecule has 0 aliphatic heterocycles. The van der Waals surface area contributed by atoms with Crippen LogP contribution in [-0.4, -0.2) is 11.2 Å². The SMILES string of the molecule is C=CCCCC(O)C1CCCCC1(C)C. The average Bonchev–Trinajstić information content (AvgIpc) is 2.17. The van der Waals surface area contributed by atoms with Crippen molar-refractivity contribution in [2.24, 2.45) is 11.3 Å². The van der Waals surface area contributed by atoms with Crippen molar-refractivity contribution in [3.63, 3.8) is 0 Å². The first kappa shape index (κ1) is 12.8. The Bertz CT molecular complexity index is 196. The van der Waals surface area contributed by atoms with Crippen LogP contribution in [-0.2, 0) is 0 Å². The number of hydrogen-bond acceptors (Lipinski definition) is 1. The quantitative estimate of drug-likeness (QED) is 0.538. The highest BCUT2D eigenvalue weighted by molar-refractivity contribution is 4.87. The van der Waals surface area contributed by atoms with Gasteiger partial charge in [0.05, 0.1) is 6.10 Å². The molecule has 2 unspecified atom stereocenters. The maximum Gasteiger partial charge on any atom is 0.0573 e. The summed E-state index contributed by atoms with van der Waals surface area (Å²) in [6, 6.07) is 0. The topological polar surface area (TPSA) is 20.2 Å². The molecular formula is C14H26O. The third kappa shape index (κ3) is 3.64. The van der Waals surface area contributed by atoms with Crippen LogP contribution in [0.4, 0.5) is 0 Å². The van der Waals surface area contributed by atoms with E-state index < -0.39 is 0 Å².